The summed E-state index contributed by atoms with van der Waals surface area (Å²) in [6, 6.07) is 6.70. The quantitative estimate of drug-likeness (QED) is 0.260. The van der Waals surface area contributed by atoms with Crippen LogP contribution in [0, 0.1) is 12.8 Å². The first-order chi connectivity index (χ1) is 12.9. The van der Waals surface area contributed by atoms with E-state index >= 15 is 0 Å². The third-order valence-electron chi connectivity index (χ3n) is 4.01. The summed E-state index contributed by atoms with van der Waals surface area (Å²) in [7, 11) is -3.53. The van der Waals surface area contributed by atoms with Gasteiger partial charge in [0.25, 0.3) is 0 Å². The average Bonchev–Trinajstić information content (AvgIpc) is 3.47. The molecular weight excluding hydrogens is 366 g/mol. The fourth-order valence-corrected chi connectivity index (χ4v) is 3.37. The number of carbonyl (C=O) groups excluding carboxylic acids is 1. The number of benzene rings is 1. The van der Waals surface area contributed by atoms with Crippen LogP contribution in [0.25, 0.3) is 0 Å². The summed E-state index contributed by atoms with van der Waals surface area (Å²) in [5.41, 5.74) is 1.01. The third kappa shape index (κ3) is 7.56. The molecule has 1 aromatic carbocycles. The highest BCUT2D eigenvalue weighted by molar-refractivity contribution is 7.89. The second-order valence-electron chi connectivity index (χ2n) is 6.46. The van der Waals surface area contributed by atoms with E-state index in [9.17, 15) is 13.2 Å². The molecule has 1 fully saturated rings. The van der Waals surface area contributed by atoms with Gasteiger partial charge in [0.05, 0.1) is 11.4 Å². The van der Waals surface area contributed by atoms with Crippen LogP contribution in [0.3, 0.4) is 0 Å². The van der Waals surface area contributed by atoms with Crippen LogP contribution in [0.15, 0.2) is 34.2 Å². The smallest absolute Gasteiger partial charge is 0.240 e. The van der Waals surface area contributed by atoms with Gasteiger partial charge >= 0.3 is 0 Å². The molecule has 1 aromatic rings. The van der Waals surface area contributed by atoms with Crippen molar-refractivity contribution in [2.24, 2.45) is 10.9 Å². The molecule has 150 valence electrons. The van der Waals surface area contributed by atoms with Gasteiger partial charge in [-0.3, -0.25) is 9.79 Å². The highest BCUT2D eigenvalue weighted by Crippen LogP contribution is 2.28. The molecule has 0 saturated heterocycles. The summed E-state index contributed by atoms with van der Waals surface area (Å²) < 4.78 is 27.0. The van der Waals surface area contributed by atoms with Crippen molar-refractivity contribution >= 4 is 21.9 Å². The Balaban J connectivity index is 1.73. The van der Waals surface area contributed by atoms with Crippen molar-refractivity contribution in [3.05, 3.63) is 29.8 Å². The van der Waals surface area contributed by atoms with Gasteiger partial charge < -0.3 is 16.0 Å². The summed E-state index contributed by atoms with van der Waals surface area (Å²) in [4.78, 5) is 16.2. The van der Waals surface area contributed by atoms with Gasteiger partial charge in [0.2, 0.25) is 15.9 Å². The molecule has 27 heavy (non-hydrogen) atoms. The third-order valence-corrected chi connectivity index (χ3v) is 5.49. The number of aryl methyl sites for hydroxylation is 1. The minimum atomic E-state index is -3.53. The number of hydrogen-bond acceptors (Lipinski definition) is 4. The Morgan fingerprint density at radius 2 is 1.74 bits per heavy atom. The summed E-state index contributed by atoms with van der Waals surface area (Å²) in [6.07, 6.45) is 1.98. The number of nitrogens with one attached hydrogen (secondary N) is 4. The Bertz CT molecular complexity index is 743. The monoisotopic (exact) mass is 395 g/mol. The van der Waals surface area contributed by atoms with E-state index in [0.717, 1.165) is 18.4 Å². The van der Waals surface area contributed by atoms with Gasteiger partial charge in [-0.15, -0.1) is 0 Å². The topological polar surface area (TPSA) is 112 Å². The predicted octanol–water partition coefficient (Wildman–Crippen LogP) is 0.355. The van der Waals surface area contributed by atoms with Gasteiger partial charge in [-0.25, -0.2) is 13.1 Å². The highest BCUT2D eigenvalue weighted by atomic mass is 32.2. The van der Waals surface area contributed by atoms with E-state index in [1.807, 2.05) is 13.8 Å². The molecule has 0 heterocycles. The molecule has 4 N–H and O–H groups in total. The van der Waals surface area contributed by atoms with Gasteiger partial charge in [-0.05, 0) is 38.8 Å². The van der Waals surface area contributed by atoms with Gasteiger partial charge in [0, 0.05) is 32.1 Å². The number of rotatable bonds is 10. The lowest BCUT2D eigenvalue weighted by atomic mass is 10.2. The van der Waals surface area contributed by atoms with Crippen molar-refractivity contribution < 1.29 is 13.2 Å². The maximum atomic E-state index is 12.2. The van der Waals surface area contributed by atoms with Crippen LogP contribution in [-0.4, -0.2) is 53.0 Å². The van der Waals surface area contributed by atoms with E-state index in [4.69, 9.17) is 0 Å². The second-order valence-corrected chi connectivity index (χ2v) is 8.23. The van der Waals surface area contributed by atoms with Crippen LogP contribution in [0.5, 0.6) is 0 Å². The van der Waals surface area contributed by atoms with Crippen molar-refractivity contribution in [2.75, 3.05) is 32.7 Å². The first kappa shape index (κ1) is 21.2. The SMILES string of the molecule is CCNC(=NCCNS(=O)(=O)c1ccc(C)cc1)NCCNC(=O)C1CC1. The zero-order valence-corrected chi connectivity index (χ0v) is 16.7. The molecule has 1 amide bonds. The molecule has 0 aliphatic heterocycles. The van der Waals surface area contributed by atoms with E-state index < -0.39 is 10.0 Å². The average molecular weight is 396 g/mol. The molecular formula is C18H29N5O3S. The number of hydrogen-bond donors (Lipinski definition) is 4. The maximum Gasteiger partial charge on any atom is 0.240 e. The Morgan fingerprint density at radius 3 is 2.37 bits per heavy atom. The highest BCUT2D eigenvalue weighted by Gasteiger charge is 2.28. The number of sulfonamides is 1. The van der Waals surface area contributed by atoms with Crippen molar-refractivity contribution in [1.82, 2.24) is 20.7 Å². The molecule has 0 bridgehead atoms. The van der Waals surface area contributed by atoms with Crippen molar-refractivity contribution in [3.8, 4) is 0 Å². The Morgan fingerprint density at radius 1 is 1.07 bits per heavy atom. The van der Waals surface area contributed by atoms with E-state index in [2.05, 4.69) is 25.7 Å². The van der Waals surface area contributed by atoms with Crippen LogP contribution in [0.2, 0.25) is 0 Å². The molecule has 0 radical (unpaired) electrons. The van der Waals surface area contributed by atoms with Crippen LogP contribution < -0.4 is 20.7 Å². The maximum absolute atomic E-state index is 12.2. The minimum absolute atomic E-state index is 0.115. The fraction of sp³-hybridized carbons (Fsp3) is 0.556. The standard InChI is InChI=1S/C18H29N5O3S/c1-3-19-18(21-11-10-20-17(24)15-6-7-15)22-12-13-23-27(25,26)16-8-4-14(2)5-9-16/h4-5,8-9,15,23H,3,6-7,10-13H2,1-2H3,(H,20,24)(H2,19,21,22). The molecule has 0 aromatic heterocycles. The molecule has 1 aliphatic rings. The predicted molar refractivity (Wildman–Crippen MR) is 106 cm³/mol. The lowest BCUT2D eigenvalue weighted by Crippen LogP contribution is -2.42. The Hall–Kier alpha value is -2.13. The van der Waals surface area contributed by atoms with Gasteiger partial charge in [-0.1, -0.05) is 17.7 Å². The van der Waals surface area contributed by atoms with E-state index in [-0.39, 0.29) is 23.3 Å². The van der Waals surface area contributed by atoms with E-state index in [0.29, 0.717) is 32.1 Å². The molecule has 8 nitrogen and oxygen atoms in total. The largest absolute Gasteiger partial charge is 0.357 e. The molecule has 0 atom stereocenters. The van der Waals surface area contributed by atoms with Crippen molar-refractivity contribution in [2.45, 2.75) is 31.6 Å². The minimum Gasteiger partial charge on any atom is -0.357 e. The lowest BCUT2D eigenvalue weighted by Gasteiger charge is -2.12. The second kappa shape index (κ2) is 10.3. The van der Waals surface area contributed by atoms with E-state index in [1.165, 1.54) is 0 Å². The van der Waals surface area contributed by atoms with Gasteiger partial charge in [0.15, 0.2) is 5.96 Å². The molecule has 9 heteroatoms. The first-order valence-corrected chi connectivity index (χ1v) is 10.8. The Labute approximate surface area is 161 Å². The Kier molecular flexibility index (Phi) is 8.05. The van der Waals surface area contributed by atoms with Crippen LogP contribution in [0.4, 0.5) is 0 Å². The van der Waals surface area contributed by atoms with Crippen LogP contribution in [-0.2, 0) is 14.8 Å². The van der Waals surface area contributed by atoms with E-state index in [1.54, 1.807) is 24.3 Å². The fourth-order valence-electron chi connectivity index (χ4n) is 2.35. The normalized spacial score (nSPS) is 14.7. The molecule has 2 rings (SSSR count). The zero-order chi connectivity index (χ0) is 19.7. The molecule has 0 spiro atoms. The summed E-state index contributed by atoms with van der Waals surface area (Å²) in [6.45, 7) is 6.13. The summed E-state index contributed by atoms with van der Waals surface area (Å²) >= 11 is 0. The molecule has 1 saturated carbocycles. The summed E-state index contributed by atoms with van der Waals surface area (Å²) in [5.74, 6) is 0.908. The molecule has 1 aliphatic carbocycles. The first-order valence-electron chi connectivity index (χ1n) is 9.28. The number of aliphatic imine (C=N–C) groups is 1. The van der Waals surface area contributed by atoms with Crippen LogP contribution in [0.1, 0.15) is 25.3 Å². The molecule has 0 unspecified atom stereocenters. The number of guanidine groups is 1. The van der Waals surface area contributed by atoms with Crippen molar-refractivity contribution in [3.63, 3.8) is 0 Å². The zero-order valence-electron chi connectivity index (χ0n) is 15.9. The van der Waals surface area contributed by atoms with Gasteiger partial charge in [0.1, 0.15) is 0 Å². The lowest BCUT2D eigenvalue weighted by molar-refractivity contribution is -0.122. The number of nitrogens with zero attached hydrogens (tertiary/aromatic N) is 1. The summed E-state index contributed by atoms with van der Waals surface area (Å²) in [5, 5.41) is 9.08. The van der Waals surface area contributed by atoms with Crippen LogP contribution >= 0.6 is 0 Å². The number of carbonyl (C=O) groups is 1. The van der Waals surface area contributed by atoms with Crippen molar-refractivity contribution in [1.29, 1.82) is 0 Å². The number of amides is 1. The van der Waals surface area contributed by atoms with Gasteiger partial charge in [-0.2, -0.15) is 0 Å².